The smallest absolute Gasteiger partial charge is 0.332 e. The van der Waals surface area contributed by atoms with Crippen LogP contribution in [0.4, 0.5) is 10.7 Å². The number of methoxy groups -OCH3 is 1. The Bertz CT molecular complexity index is 753. The Hall–Kier alpha value is -2.12. The van der Waals surface area contributed by atoms with Gasteiger partial charge >= 0.3 is 5.97 Å². The highest BCUT2D eigenvalue weighted by Gasteiger charge is 2.16. The molecule has 0 fully saturated rings. The van der Waals surface area contributed by atoms with Crippen molar-refractivity contribution in [3.63, 3.8) is 0 Å². The van der Waals surface area contributed by atoms with Crippen LogP contribution in [0.3, 0.4) is 0 Å². The topological polar surface area (TPSA) is 86.5 Å². The molecule has 0 amide bonds. The molecular formula is C16H21N3O3S. The summed E-state index contributed by atoms with van der Waals surface area (Å²) in [6.07, 6.45) is 1.41. The lowest BCUT2D eigenvalue weighted by Gasteiger charge is -2.10. The quantitative estimate of drug-likeness (QED) is 0.623. The number of pyridine rings is 1. The van der Waals surface area contributed by atoms with Gasteiger partial charge in [0, 0.05) is 30.0 Å². The minimum atomic E-state index is -0.387. The second-order valence-corrected chi connectivity index (χ2v) is 6.11. The average Bonchev–Trinajstić information content (AvgIpc) is 2.75. The number of carbonyl (C=O) groups excluding carboxylic acids is 1. The van der Waals surface area contributed by atoms with Crippen molar-refractivity contribution in [3.8, 4) is 0 Å². The van der Waals surface area contributed by atoms with Crippen LogP contribution in [0.25, 0.3) is 10.2 Å². The van der Waals surface area contributed by atoms with Gasteiger partial charge in [-0.05, 0) is 32.4 Å². The minimum Gasteiger partial charge on any atom is -0.463 e. The molecule has 7 heteroatoms. The van der Waals surface area contributed by atoms with Gasteiger partial charge < -0.3 is 20.5 Å². The zero-order chi connectivity index (χ0) is 17.0. The summed E-state index contributed by atoms with van der Waals surface area (Å²) < 4.78 is 10.2. The SMILES string of the molecule is CCOC(=O)/C=C(\C)Nc1c(N)sc2nc(C)cc(COC)c12. The van der Waals surface area contributed by atoms with E-state index < -0.39 is 0 Å². The molecule has 2 aromatic rings. The first-order valence-electron chi connectivity index (χ1n) is 7.25. The molecule has 0 bridgehead atoms. The van der Waals surface area contributed by atoms with Crippen LogP contribution in [0.5, 0.6) is 0 Å². The number of nitrogens with one attached hydrogen (secondary N) is 1. The molecule has 2 heterocycles. The third kappa shape index (κ3) is 4.00. The first kappa shape index (κ1) is 17.2. The molecule has 0 saturated heterocycles. The van der Waals surface area contributed by atoms with Crippen LogP contribution in [0.1, 0.15) is 25.1 Å². The number of thiophene rings is 1. The normalized spacial score (nSPS) is 11.7. The molecular weight excluding hydrogens is 314 g/mol. The first-order valence-corrected chi connectivity index (χ1v) is 8.07. The fraction of sp³-hybridized carbons (Fsp3) is 0.375. The molecule has 6 nitrogen and oxygen atoms in total. The number of ether oxygens (including phenoxy) is 2. The van der Waals surface area contributed by atoms with Gasteiger partial charge in [0.15, 0.2) is 0 Å². The summed E-state index contributed by atoms with van der Waals surface area (Å²) in [4.78, 5) is 16.9. The van der Waals surface area contributed by atoms with Crippen molar-refractivity contribution in [1.29, 1.82) is 0 Å². The number of rotatable bonds is 6. The number of carbonyl (C=O) groups is 1. The van der Waals surface area contributed by atoms with Gasteiger partial charge in [0.1, 0.15) is 9.83 Å². The molecule has 0 radical (unpaired) electrons. The number of nitrogens with zero attached hydrogens (tertiary/aromatic N) is 1. The largest absolute Gasteiger partial charge is 0.463 e. The number of hydrogen-bond donors (Lipinski definition) is 2. The van der Waals surface area contributed by atoms with Gasteiger partial charge in [-0.1, -0.05) is 11.3 Å². The molecule has 23 heavy (non-hydrogen) atoms. The number of anilines is 2. The Morgan fingerprint density at radius 3 is 2.91 bits per heavy atom. The van der Waals surface area contributed by atoms with Crippen molar-refractivity contribution in [1.82, 2.24) is 4.98 Å². The molecule has 2 aromatic heterocycles. The summed E-state index contributed by atoms with van der Waals surface area (Å²) in [5.74, 6) is -0.387. The lowest BCUT2D eigenvalue weighted by molar-refractivity contribution is -0.137. The fourth-order valence-corrected chi connectivity index (χ4v) is 3.31. The highest BCUT2D eigenvalue weighted by Crippen LogP contribution is 2.40. The molecule has 0 unspecified atom stereocenters. The third-order valence-electron chi connectivity index (χ3n) is 3.14. The highest BCUT2D eigenvalue weighted by atomic mass is 32.1. The van der Waals surface area contributed by atoms with E-state index >= 15 is 0 Å². The van der Waals surface area contributed by atoms with E-state index in [0.717, 1.165) is 27.2 Å². The molecule has 2 rings (SSSR count). The van der Waals surface area contributed by atoms with Crippen molar-refractivity contribution >= 4 is 38.2 Å². The number of aryl methyl sites for hydroxylation is 1. The fourth-order valence-electron chi connectivity index (χ4n) is 2.32. The molecule has 0 spiro atoms. The van der Waals surface area contributed by atoms with Gasteiger partial charge in [-0.3, -0.25) is 0 Å². The van der Waals surface area contributed by atoms with Crippen LogP contribution in [0, 0.1) is 6.92 Å². The molecule has 3 N–H and O–H groups in total. The van der Waals surface area contributed by atoms with E-state index in [2.05, 4.69) is 10.3 Å². The van der Waals surface area contributed by atoms with Gasteiger partial charge in [0.2, 0.25) is 0 Å². The number of allylic oxidation sites excluding steroid dienone is 1. The maximum absolute atomic E-state index is 11.5. The van der Waals surface area contributed by atoms with Crippen LogP contribution >= 0.6 is 11.3 Å². The van der Waals surface area contributed by atoms with Crippen molar-refractivity contribution < 1.29 is 14.3 Å². The van der Waals surface area contributed by atoms with E-state index in [-0.39, 0.29) is 5.97 Å². The zero-order valence-corrected chi connectivity index (χ0v) is 14.5. The Balaban J connectivity index is 2.44. The molecule has 124 valence electrons. The van der Waals surface area contributed by atoms with E-state index in [1.165, 1.54) is 17.4 Å². The summed E-state index contributed by atoms with van der Waals surface area (Å²) >= 11 is 1.41. The van der Waals surface area contributed by atoms with Crippen LogP contribution in [-0.4, -0.2) is 24.7 Å². The van der Waals surface area contributed by atoms with Crippen molar-refractivity contribution in [3.05, 3.63) is 29.1 Å². The number of hydrogen-bond acceptors (Lipinski definition) is 7. The summed E-state index contributed by atoms with van der Waals surface area (Å²) in [6.45, 7) is 6.30. The number of nitrogens with two attached hydrogens (primary N) is 1. The van der Waals surface area contributed by atoms with Gasteiger partial charge in [0.05, 0.1) is 18.9 Å². The van der Waals surface area contributed by atoms with Gasteiger partial charge in [0.25, 0.3) is 0 Å². The highest BCUT2D eigenvalue weighted by molar-refractivity contribution is 7.23. The maximum atomic E-state index is 11.5. The van der Waals surface area contributed by atoms with E-state index in [0.29, 0.717) is 23.9 Å². The Kier molecular flexibility index (Phi) is 5.57. The molecule has 0 aliphatic carbocycles. The van der Waals surface area contributed by atoms with E-state index in [9.17, 15) is 4.79 Å². The predicted octanol–water partition coefficient (Wildman–Crippen LogP) is 3.21. The van der Waals surface area contributed by atoms with Gasteiger partial charge in [-0.15, -0.1) is 0 Å². The summed E-state index contributed by atoms with van der Waals surface area (Å²) in [6, 6.07) is 1.98. The van der Waals surface area contributed by atoms with Gasteiger partial charge in [-0.2, -0.15) is 0 Å². The zero-order valence-electron chi connectivity index (χ0n) is 13.7. The number of fused-ring (bicyclic) bond motifs is 1. The third-order valence-corrected chi connectivity index (χ3v) is 4.05. The van der Waals surface area contributed by atoms with E-state index in [1.807, 2.05) is 13.0 Å². The maximum Gasteiger partial charge on any atom is 0.332 e. The second kappa shape index (κ2) is 7.43. The van der Waals surface area contributed by atoms with E-state index in [1.54, 1.807) is 21.0 Å². The first-order chi connectivity index (χ1) is 11.0. The Morgan fingerprint density at radius 2 is 2.26 bits per heavy atom. The molecule has 0 atom stereocenters. The second-order valence-electron chi connectivity index (χ2n) is 5.08. The standard InChI is InChI=1S/C16H21N3O3S/c1-5-22-12(20)7-10(3)18-14-13-11(8-21-4)6-9(2)19-16(13)23-15(14)17/h6-7,18H,5,8,17H2,1-4H3/b10-7+. The van der Waals surface area contributed by atoms with E-state index in [4.69, 9.17) is 15.2 Å². The lowest BCUT2D eigenvalue weighted by atomic mass is 10.1. The Morgan fingerprint density at radius 1 is 1.52 bits per heavy atom. The molecule has 0 saturated carbocycles. The molecule has 0 aliphatic heterocycles. The number of aromatic nitrogens is 1. The monoisotopic (exact) mass is 335 g/mol. The molecule has 0 aromatic carbocycles. The average molecular weight is 335 g/mol. The summed E-state index contributed by atoms with van der Waals surface area (Å²) in [5, 5.41) is 4.74. The lowest BCUT2D eigenvalue weighted by Crippen LogP contribution is -2.05. The summed E-state index contributed by atoms with van der Waals surface area (Å²) in [7, 11) is 1.65. The van der Waals surface area contributed by atoms with Crippen molar-refractivity contribution in [2.45, 2.75) is 27.4 Å². The number of esters is 1. The minimum absolute atomic E-state index is 0.341. The number of nitrogen functional groups attached to an aromatic ring is 1. The van der Waals surface area contributed by atoms with Crippen molar-refractivity contribution in [2.24, 2.45) is 0 Å². The molecule has 0 aliphatic rings. The van der Waals surface area contributed by atoms with Crippen molar-refractivity contribution in [2.75, 3.05) is 24.8 Å². The Labute approximate surface area is 139 Å². The predicted molar refractivity (Wildman–Crippen MR) is 93.5 cm³/mol. The van der Waals surface area contributed by atoms with Crippen LogP contribution in [-0.2, 0) is 20.9 Å². The summed E-state index contributed by atoms with van der Waals surface area (Å²) in [5.41, 5.74) is 9.46. The van der Waals surface area contributed by atoms with Crippen LogP contribution in [0.2, 0.25) is 0 Å². The van der Waals surface area contributed by atoms with Crippen LogP contribution < -0.4 is 11.1 Å². The van der Waals surface area contributed by atoms with Gasteiger partial charge in [-0.25, -0.2) is 9.78 Å². The van der Waals surface area contributed by atoms with Crippen LogP contribution in [0.15, 0.2) is 17.8 Å².